The summed E-state index contributed by atoms with van der Waals surface area (Å²) in [5, 5.41) is 3.44. The van der Waals surface area contributed by atoms with E-state index in [2.05, 4.69) is 40.5 Å². The number of hydrogen-bond acceptors (Lipinski definition) is 2. The summed E-state index contributed by atoms with van der Waals surface area (Å²) in [6, 6.07) is 20.8. The van der Waals surface area contributed by atoms with Crippen LogP contribution in [-0.2, 0) is 6.54 Å². The van der Waals surface area contributed by atoms with Crippen molar-refractivity contribution < 1.29 is 4.79 Å². The Morgan fingerprint density at radius 3 is 2.20 bits per heavy atom. The number of amides is 1. The highest BCUT2D eigenvalue weighted by molar-refractivity contribution is 5.94. The Hall–Kier alpha value is -2.13. The average molecular weight is 334 g/mol. The van der Waals surface area contributed by atoms with E-state index >= 15 is 0 Å². The number of carbonyl (C=O) groups is 1. The van der Waals surface area contributed by atoms with E-state index in [0.29, 0.717) is 6.04 Å². The minimum absolute atomic E-state index is 0.0567. The van der Waals surface area contributed by atoms with Crippen molar-refractivity contribution in [1.82, 2.24) is 10.2 Å². The van der Waals surface area contributed by atoms with E-state index in [0.717, 1.165) is 24.9 Å². The van der Waals surface area contributed by atoms with Gasteiger partial charge in [-0.2, -0.15) is 0 Å². The SMILES string of the molecule is O=C(NC12CCCC(CCC1)N2Cc1ccccc1)c1ccccc1. The Kier molecular flexibility index (Phi) is 4.58. The maximum Gasteiger partial charge on any atom is 0.252 e. The summed E-state index contributed by atoms with van der Waals surface area (Å²) >= 11 is 0. The van der Waals surface area contributed by atoms with E-state index in [1.165, 1.54) is 31.2 Å². The van der Waals surface area contributed by atoms with E-state index in [1.807, 2.05) is 30.3 Å². The number of nitrogens with one attached hydrogen (secondary N) is 1. The van der Waals surface area contributed by atoms with Gasteiger partial charge in [-0.1, -0.05) is 48.5 Å². The van der Waals surface area contributed by atoms with Crippen molar-refractivity contribution in [2.75, 3.05) is 0 Å². The largest absolute Gasteiger partial charge is 0.334 e. The van der Waals surface area contributed by atoms with Crippen LogP contribution in [0.2, 0.25) is 0 Å². The molecule has 2 fully saturated rings. The maximum atomic E-state index is 12.9. The second-order valence-electron chi connectivity index (χ2n) is 7.40. The van der Waals surface area contributed by atoms with Crippen molar-refractivity contribution in [1.29, 1.82) is 0 Å². The first kappa shape index (κ1) is 16.3. The van der Waals surface area contributed by atoms with Crippen molar-refractivity contribution in [3.63, 3.8) is 0 Å². The summed E-state index contributed by atoms with van der Waals surface area (Å²) in [6.45, 7) is 0.917. The van der Waals surface area contributed by atoms with Gasteiger partial charge in [0.25, 0.3) is 5.91 Å². The number of carbonyl (C=O) groups excluding carboxylic acids is 1. The Morgan fingerprint density at radius 2 is 1.56 bits per heavy atom. The van der Waals surface area contributed by atoms with E-state index < -0.39 is 0 Å². The monoisotopic (exact) mass is 334 g/mol. The molecule has 25 heavy (non-hydrogen) atoms. The van der Waals surface area contributed by atoms with E-state index in [-0.39, 0.29) is 11.6 Å². The highest BCUT2D eigenvalue weighted by atomic mass is 16.2. The van der Waals surface area contributed by atoms with Crippen LogP contribution >= 0.6 is 0 Å². The summed E-state index contributed by atoms with van der Waals surface area (Å²) in [6.07, 6.45) is 6.99. The number of benzene rings is 2. The van der Waals surface area contributed by atoms with Crippen LogP contribution in [-0.4, -0.2) is 22.5 Å². The van der Waals surface area contributed by atoms with Gasteiger partial charge in [0.05, 0.1) is 5.66 Å². The second kappa shape index (κ2) is 7.01. The van der Waals surface area contributed by atoms with E-state index in [9.17, 15) is 4.79 Å². The Balaban J connectivity index is 1.60. The van der Waals surface area contributed by atoms with Crippen LogP contribution in [0.1, 0.15) is 54.4 Å². The molecule has 2 bridgehead atoms. The Labute approximate surface area is 150 Å². The van der Waals surface area contributed by atoms with Gasteiger partial charge in [0.15, 0.2) is 0 Å². The van der Waals surface area contributed by atoms with Crippen LogP contribution in [0, 0.1) is 0 Å². The first-order chi connectivity index (χ1) is 12.3. The highest BCUT2D eigenvalue weighted by Gasteiger charge is 2.46. The molecule has 0 atom stereocenters. The molecular weight excluding hydrogens is 308 g/mol. The fourth-order valence-corrected chi connectivity index (χ4v) is 4.61. The smallest absolute Gasteiger partial charge is 0.252 e. The lowest BCUT2D eigenvalue weighted by molar-refractivity contribution is -0.0623. The molecule has 2 aliphatic heterocycles. The zero-order valence-electron chi connectivity index (χ0n) is 14.7. The zero-order chi connectivity index (χ0) is 17.1. The van der Waals surface area contributed by atoms with Gasteiger partial charge in [-0.25, -0.2) is 0 Å². The van der Waals surface area contributed by atoms with Gasteiger partial charge in [-0.05, 0) is 56.2 Å². The quantitative estimate of drug-likeness (QED) is 0.901. The Bertz CT molecular complexity index is 703. The first-order valence-electron chi connectivity index (χ1n) is 9.45. The van der Waals surface area contributed by atoms with Crippen molar-refractivity contribution in [2.45, 2.75) is 56.8 Å². The summed E-state index contributed by atoms with van der Waals surface area (Å²) in [5.74, 6) is 0.0567. The van der Waals surface area contributed by atoms with E-state index in [4.69, 9.17) is 0 Å². The number of nitrogens with zero attached hydrogens (tertiary/aromatic N) is 1. The molecule has 2 aromatic rings. The van der Waals surface area contributed by atoms with Crippen molar-refractivity contribution in [2.24, 2.45) is 0 Å². The van der Waals surface area contributed by atoms with Gasteiger partial charge in [0.1, 0.15) is 0 Å². The fourth-order valence-electron chi connectivity index (χ4n) is 4.61. The Morgan fingerprint density at radius 1 is 0.960 bits per heavy atom. The van der Waals surface area contributed by atoms with Crippen LogP contribution in [0.3, 0.4) is 0 Å². The van der Waals surface area contributed by atoms with Gasteiger partial charge in [0, 0.05) is 18.2 Å². The number of rotatable bonds is 4. The molecule has 0 saturated carbocycles. The standard InChI is InChI=1S/C22H26N2O/c25-21(19-11-5-2-6-12-19)23-22-15-7-13-20(14-8-16-22)24(22)17-18-9-3-1-4-10-18/h1-6,9-12,20H,7-8,13-17H2,(H,23,25). The van der Waals surface area contributed by atoms with Gasteiger partial charge >= 0.3 is 0 Å². The molecule has 1 N–H and O–H groups in total. The fraction of sp³-hybridized carbons (Fsp3) is 0.409. The summed E-state index contributed by atoms with van der Waals surface area (Å²) < 4.78 is 0. The molecule has 0 spiro atoms. The number of fused-ring (bicyclic) bond motifs is 2. The van der Waals surface area contributed by atoms with Gasteiger partial charge in [0.2, 0.25) is 0 Å². The third-order valence-electron chi connectivity index (χ3n) is 5.82. The van der Waals surface area contributed by atoms with Crippen LogP contribution < -0.4 is 5.32 Å². The molecule has 3 nitrogen and oxygen atoms in total. The zero-order valence-corrected chi connectivity index (χ0v) is 14.7. The maximum absolute atomic E-state index is 12.9. The van der Waals surface area contributed by atoms with Gasteiger partial charge in [-0.3, -0.25) is 9.69 Å². The minimum Gasteiger partial charge on any atom is -0.334 e. The molecule has 2 heterocycles. The lowest BCUT2D eigenvalue weighted by atomic mass is 9.79. The molecule has 4 rings (SSSR count). The third-order valence-corrected chi connectivity index (χ3v) is 5.82. The lowest BCUT2D eigenvalue weighted by Crippen LogP contribution is -2.67. The van der Waals surface area contributed by atoms with Crippen LogP contribution in [0.4, 0.5) is 0 Å². The highest BCUT2D eigenvalue weighted by Crippen LogP contribution is 2.41. The second-order valence-corrected chi connectivity index (χ2v) is 7.40. The van der Waals surface area contributed by atoms with Crippen LogP contribution in [0.5, 0.6) is 0 Å². The molecule has 2 aliphatic rings. The van der Waals surface area contributed by atoms with Crippen molar-refractivity contribution >= 4 is 5.91 Å². The summed E-state index contributed by atoms with van der Waals surface area (Å²) in [4.78, 5) is 15.4. The molecule has 1 amide bonds. The molecule has 0 radical (unpaired) electrons. The minimum atomic E-state index is -0.191. The van der Waals surface area contributed by atoms with E-state index in [1.54, 1.807) is 0 Å². The van der Waals surface area contributed by atoms with Crippen LogP contribution in [0.25, 0.3) is 0 Å². The molecule has 2 saturated heterocycles. The molecule has 130 valence electrons. The van der Waals surface area contributed by atoms with Gasteiger partial charge in [-0.15, -0.1) is 0 Å². The number of piperidine rings is 2. The predicted molar refractivity (Wildman–Crippen MR) is 100 cm³/mol. The molecule has 0 aromatic heterocycles. The van der Waals surface area contributed by atoms with Crippen molar-refractivity contribution in [3.8, 4) is 0 Å². The summed E-state index contributed by atoms with van der Waals surface area (Å²) in [7, 11) is 0. The third kappa shape index (κ3) is 3.34. The van der Waals surface area contributed by atoms with Crippen molar-refractivity contribution in [3.05, 3.63) is 71.8 Å². The van der Waals surface area contributed by atoms with Gasteiger partial charge < -0.3 is 5.32 Å². The topological polar surface area (TPSA) is 32.3 Å². The average Bonchev–Trinajstić information content (AvgIpc) is 2.64. The molecular formula is C22H26N2O. The normalized spacial score (nSPS) is 26.2. The predicted octanol–water partition coefficient (Wildman–Crippen LogP) is 4.35. The number of hydrogen-bond donors (Lipinski definition) is 1. The summed E-state index contributed by atoms with van der Waals surface area (Å²) in [5.41, 5.74) is 1.89. The van der Waals surface area contributed by atoms with Crippen LogP contribution in [0.15, 0.2) is 60.7 Å². The molecule has 0 unspecified atom stereocenters. The molecule has 0 aliphatic carbocycles. The molecule has 3 heteroatoms. The molecule has 2 aromatic carbocycles. The first-order valence-corrected chi connectivity index (χ1v) is 9.45. The lowest BCUT2D eigenvalue weighted by Gasteiger charge is -2.55.